The van der Waals surface area contributed by atoms with Crippen LogP contribution < -0.4 is 4.74 Å². The van der Waals surface area contributed by atoms with Crippen LogP contribution in [0.3, 0.4) is 0 Å². The molecule has 0 bridgehead atoms. The lowest BCUT2D eigenvalue weighted by Crippen LogP contribution is -2.23. The Morgan fingerprint density at radius 3 is 2.83 bits per heavy atom. The van der Waals surface area contributed by atoms with Crippen LogP contribution in [0.25, 0.3) is 0 Å². The predicted molar refractivity (Wildman–Crippen MR) is 73.7 cm³/mol. The van der Waals surface area contributed by atoms with Gasteiger partial charge in [-0.2, -0.15) is 0 Å². The highest BCUT2D eigenvalue weighted by molar-refractivity contribution is 9.10. The van der Waals surface area contributed by atoms with Crippen molar-refractivity contribution in [2.75, 3.05) is 6.61 Å². The molecule has 0 aromatic heterocycles. The van der Waals surface area contributed by atoms with E-state index in [-0.39, 0.29) is 18.3 Å². The molecule has 1 N–H and O–H groups in total. The highest BCUT2D eigenvalue weighted by atomic mass is 79.9. The zero-order valence-corrected chi connectivity index (χ0v) is 12.4. The second kappa shape index (κ2) is 5.59. The first kappa shape index (κ1) is 13.8. The Morgan fingerprint density at radius 2 is 2.28 bits per heavy atom. The van der Waals surface area contributed by atoms with Crippen molar-refractivity contribution in [2.45, 2.75) is 45.0 Å². The van der Waals surface area contributed by atoms with Gasteiger partial charge >= 0.3 is 0 Å². The third-order valence-electron chi connectivity index (χ3n) is 3.16. The van der Waals surface area contributed by atoms with E-state index >= 15 is 0 Å². The molecule has 1 aliphatic rings. The van der Waals surface area contributed by atoms with E-state index in [1.807, 2.05) is 18.2 Å². The lowest BCUT2D eigenvalue weighted by Gasteiger charge is -2.19. The largest absolute Gasteiger partial charge is 0.490 e. The van der Waals surface area contributed by atoms with Crippen LogP contribution in [-0.4, -0.2) is 23.4 Å². The summed E-state index contributed by atoms with van der Waals surface area (Å²) in [6.07, 6.45) is 2.29. The Bertz CT molecular complexity index is 418. The molecule has 1 atom stereocenters. The number of hydrogen-bond donors (Lipinski definition) is 1. The summed E-state index contributed by atoms with van der Waals surface area (Å²) >= 11 is 3.44. The number of halogens is 1. The zero-order valence-electron chi connectivity index (χ0n) is 10.8. The summed E-state index contributed by atoms with van der Waals surface area (Å²) in [6.45, 7) is 4.83. The first-order valence-corrected chi connectivity index (χ1v) is 6.99. The number of aliphatic hydroxyl groups is 1. The quantitative estimate of drug-likeness (QED) is 0.927. The minimum absolute atomic E-state index is 0.0218. The van der Waals surface area contributed by atoms with Crippen molar-refractivity contribution in [1.29, 1.82) is 0 Å². The Morgan fingerprint density at radius 1 is 1.50 bits per heavy atom. The predicted octanol–water partition coefficient (Wildman–Crippen LogP) is 3.28. The molecule has 1 saturated heterocycles. The molecule has 1 heterocycles. The van der Waals surface area contributed by atoms with Gasteiger partial charge in [-0.1, -0.05) is 6.07 Å². The lowest BCUT2D eigenvalue weighted by molar-refractivity contribution is -0.0327. The Labute approximate surface area is 116 Å². The molecule has 0 spiro atoms. The maximum Gasteiger partial charge on any atom is 0.133 e. The van der Waals surface area contributed by atoms with Crippen molar-refractivity contribution in [1.82, 2.24) is 0 Å². The Kier molecular flexibility index (Phi) is 4.30. The molecule has 1 fully saturated rings. The maximum absolute atomic E-state index is 9.03. The van der Waals surface area contributed by atoms with E-state index in [2.05, 4.69) is 29.8 Å². The molecule has 1 aromatic rings. The van der Waals surface area contributed by atoms with E-state index in [1.165, 1.54) is 0 Å². The Balaban J connectivity index is 1.91. The summed E-state index contributed by atoms with van der Waals surface area (Å²) < 4.78 is 12.5. The van der Waals surface area contributed by atoms with Crippen molar-refractivity contribution in [3.63, 3.8) is 0 Å². The first-order chi connectivity index (χ1) is 8.50. The van der Waals surface area contributed by atoms with Gasteiger partial charge in [0.2, 0.25) is 0 Å². The van der Waals surface area contributed by atoms with E-state index < -0.39 is 0 Å². The number of hydrogen-bond acceptors (Lipinski definition) is 3. The molecule has 1 unspecified atom stereocenters. The van der Waals surface area contributed by atoms with Gasteiger partial charge in [0.15, 0.2) is 0 Å². The number of aliphatic hydroxyl groups excluding tert-OH is 1. The van der Waals surface area contributed by atoms with Crippen LogP contribution in [0.4, 0.5) is 0 Å². The van der Waals surface area contributed by atoms with Crippen LogP contribution in [0.15, 0.2) is 22.7 Å². The fourth-order valence-electron chi connectivity index (χ4n) is 2.14. The van der Waals surface area contributed by atoms with E-state index in [0.29, 0.717) is 6.61 Å². The number of benzene rings is 1. The molecule has 100 valence electrons. The van der Waals surface area contributed by atoms with Crippen LogP contribution in [-0.2, 0) is 11.3 Å². The average molecular weight is 315 g/mol. The monoisotopic (exact) mass is 314 g/mol. The summed E-state index contributed by atoms with van der Waals surface area (Å²) in [5, 5.41) is 9.03. The molecule has 0 saturated carbocycles. The highest BCUT2D eigenvalue weighted by Gasteiger charge is 2.31. The summed E-state index contributed by atoms with van der Waals surface area (Å²) in [5.41, 5.74) is 0.846. The van der Waals surface area contributed by atoms with Gasteiger partial charge in [0.05, 0.1) is 22.8 Å². The van der Waals surface area contributed by atoms with Gasteiger partial charge in [0, 0.05) is 0 Å². The van der Waals surface area contributed by atoms with Gasteiger partial charge in [-0.05, 0) is 60.3 Å². The standard InChI is InChI=1S/C14H19BrO3/c1-14(2)6-5-11(18-14)9-17-13-4-3-10(8-16)7-12(13)15/h3-4,7,11,16H,5-6,8-9H2,1-2H3. The van der Waals surface area contributed by atoms with Crippen molar-refractivity contribution in [3.05, 3.63) is 28.2 Å². The van der Waals surface area contributed by atoms with Crippen molar-refractivity contribution in [3.8, 4) is 5.75 Å². The third-order valence-corrected chi connectivity index (χ3v) is 3.78. The molecule has 3 nitrogen and oxygen atoms in total. The smallest absolute Gasteiger partial charge is 0.133 e. The molecular weight excluding hydrogens is 296 g/mol. The van der Waals surface area contributed by atoms with Crippen molar-refractivity contribution < 1.29 is 14.6 Å². The number of ether oxygens (including phenoxy) is 2. The lowest BCUT2D eigenvalue weighted by atomic mass is 10.1. The summed E-state index contributed by atoms with van der Waals surface area (Å²) in [4.78, 5) is 0. The van der Waals surface area contributed by atoms with E-state index in [0.717, 1.165) is 28.6 Å². The van der Waals surface area contributed by atoms with E-state index in [1.54, 1.807) is 0 Å². The van der Waals surface area contributed by atoms with Crippen LogP contribution in [0.5, 0.6) is 5.75 Å². The Hall–Kier alpha value is -0.580. The highest BCUT2D eigenvalue weighted by Crippen LogP contribution is 2.31. The van der Waals surface area contributed by atoms with E-state index in [4.69, 9.17) is 14.6 Å². The number of rotatable bonds is 4. The topological polar surface area (TPSA) is 38.7 Å². The SMILES string of the molecule is CC1(C)CCC(COc2ccc(CO)cc2Br)O1. The van der Waals surface area contributed by atoms with Gasteiger partial charge in [-0.25, -0.2) is 0 Å². The average Bonchev–Trinajstić information content (AvgIpc) is 2.67. The second-order valence-corrected chi connectivity index (χ2v) is 6.13. The van der Waals surface area contributed by atoms with Crippen molar-refractivity contribution in [2.24, 2.45) is 0 Å². The fraction of sp³-hybridized carbons (Fsp3) is 0.571. The minimum Gasteiger partial charge on any atom is -0.490 e. The molecule has 0 aliphatic carbocycles. The van der Waals surface area contributed by atoms with Crippen LogP contribution >= 0.6 is 15.9 Å². The maximum atomic E-state index is 9.03. The fourth-order valence-corrected chi connectivity index (χ4v) is 2.68. The van der Waals surface area contributed by atoms with Crippen LogP contribution in [0, 0.1) is 0 Å². The molecule has 2 rings (SSSR count). The van der Waals surface area contributed by atoms with Gasteiger partial charge < -0.3 is 14.6 Å². The molecule has 0 amide bonds. The van der Waals surface area contributed by atoms with Gasteiger partial charge in [-0.15, -0.1) is 0 Å². The second-order valence-electron chi connectivity index (χ2n) is 5.27. The molecule has 0 radical (unpaired) electrons. The molecular formula is C14H19BrO3. The van der Waals surface area contributed by atoms with Crippen LogP contribution in [0.1, 0.15) is 32.3 Å². The summed E-state index contributed by atoms with van der Waals surface area (Å²) in [7, 11) is 0. The molecule has 1 aromatic carbocycles. The van der Waals surface area contributed by atoms with Gasteiger partial charge in [-0.3, -0.25) is 0 Å². The molecule has 4 heteroatoms. The van der Waals surface area contributed by atoms with Gasteiger partial charge in [0.25, 0.3) is 0 Å². The normalized spacial score (nSPS) is 22.1. The summed E-state index contributed by atoms with van der Waals surface area (Å²) in [6, 6.07) is 5.60. The molecule has 18 heavy (non-hydrogen) atoms. The zero-order chi connectivity index (χ0) is 13.2. The summed E-state index contributed by atoms with van der Waals surface area (Å²) in [5.74, 6) is 0.792. The first-order valence-electron chi connectivity index (χ1n) is 6.20. The van der Waals surface area contributed by atoms with E-state index in [9.17, 15) is 0 Å². The van der Waals surface area contributed by atoms with Gasteiger partial charge in [0.1, 0.15) is 12.4 Å². The minimum atomic E-state index is -0.0218. The van der Waals surface area contributed by atoms with Crippen LogP contribution in [0.2, 0.25) is 0 Å². The molecule has 1 aliphatic heterocycles. The van der Waals surface area contributed by atoms with Crippen molar-refractivity contribution >= 4 is 15.9 Å². The third kappa shape index (κ3) is 3.46.